The van der Waals surface area contributed by atoms with Gasteiger partial charge in [0, 0.05) is 64.0 Å². The van der Waals surface area contributed by atoms with Crippen LogP contribution in [0.3, 0.4) is 0 Å². The summed E-state index contributed by atoms with van der Waals surface area (Å²) in [6.45, 7) is 11.1. The van der Waals surface area contributed by atoms with Crippen molar-refractivity contribution in [2.75, 3.05) is 62.2 Å². The van der Waals surface area contributed by atoms with E-state index in [4.69, 9.17) is 5.73 Å². The average Bonchev–Trinajstić information content (AvgIpc) is 3.04. The van der Waals surface area contributed by atoms with Gasteiger partial charge in [0.25, 0.3) is 5.91 Å². The summed E-state index contributed by atoms with van der Waals surface area (Å²) in [6.07, 6.45) is 1.61. The van der Waals surface area contributed by atoms with Gasteiger partial charge in [-0.1, -0.05) is 30.3 Å². The third kappa shape index (κ3) is 6.67. The molecule has 8 heteroatoms. The van der Waals surface area contributed by atoms with Gasteiger partial charge < -0.3 is 20.4 Å². The number of aryl methyl sites for hydroxylation is 2. The quantitative estimate of drug-likeness (QED) is 0.427. The summed E-state index contributed by atoms with van der Waals surface area (Å²) >= 11 is 0. The van der Waals surface area contributed by atoms with Crippen LogP contribution in [0.1, 0.15) is 51.5 Å². The molecule has 2 fully saturated rings. The molecule has 2 aliphatic rings. The maximum Gasteiger partial charge on any atom is 0.254 e. The molecule has 3 aromatic rings. The van der Waals surface area contributed by atoms with Crippen molar-refractivity contribution in [1.29, 1.82) is 10.5 Å². The van der Waals surface area contributed by atoms with Crippen LogP contribution in [0.2, 0.25) is 0 Å². The second-order valence-electron chi connectivity index (χ2n) is 11.6. The number of piperazine rings is 2. The molecule has 1 atom stereocenters. The third-order valence-electron chi connectivity index (χ3n) is 8.83. The van der Waals surface area contributed by atoms with E-state index in [1.54, 1.807) is 0 Å². The number of nitrogens with two attached hydrogens (primary N) is 1. The Bertz CT molecular complexity index is 1530. The molecular weight excluding hydrogens is 534 g/mol. The predicted octanol–water partition coefficient (Wildman–Crippen LogP) is 4.30. The largest absolute Gasteiger partial charge is 0.368 e. The lowest BCUT2D eigenvalue weighted by molar-refractivity contribution is 0.0672. The minimum atomic E-state index is 0.00414. The van der Waals surface area contributed by atoms with Gasteiger partial charge in [0.1, 0.15) is 12.1 Å². The third-order valence-corrected chi connectivity index (χ3v) is 8.83. The first kappa shape index (κ1) is 30.1. The number of rotatable bonds is 8. The molecule has 2 heterocycles. The lowest BCUT2D eigenvalue weighted by atomic mass is 9.94. The number of hydrogen-bond acceptors (Lipinski definition) is 7. The van der Waals surface area contributed by atoms with Gasteiger partial charge in [0.2, 0.25) is 0 Å². The Morgan fingerprint density at radius 2 is 1.47 bits per heavy atom. The Hall–Kier alpha value is -4.37. The Labute approximate surface area is 255 Å². The minimum absolute atomic E-state index is 0.00414. The highest BCUT2D eigenvalue weighted by molar-refractivity contribution is 5.96. The van der Waals surface area contributed by atoms with Crippen LogP contribution in [0.15, 0.2) is 60.7 Å². The highest BCUT2D eigenvalue weighted by Crippen LogP contribution is 2.27. The average molecular weight is 576 g/mol. The van der Waals surface area contributed by atoms with E-state index >= 15 is 0 Å². The molecule has 0 aliphatic carbocycles. The van der Waals surface area contributed by atoms with Crippen LogP contribution in [0.5, 0.6) is 0 Å². The van der Waals surface area contributed by atoms with Gasteiger partial charge in [-0.15, -0.1) is 0 Å². The maximum atomic E-state index is 14.2. The van der Waals surface area contributed by atoms with Gasteiger partial charge in [-0.05, 0) is 80.3 Å². The molecule has 222 valence electrons. The number of nitrogens with zero attached hydrogens (tertiary/aromatic N) is 6. The number of carbonyl (C=O) groups excluding carboxylic acids is 1. The number of benzene rings is 3. The highest BCUT2D eigenvalue weighted by Gasteiger charge is 2.31. The monoisotopic (exact) mass is 575 g/mol. The zero-order valence-electron chi connectivity index (χ0n) is 25.3. The van der Waals surface area contributed by atoms with E-state index in [0.717, 1.165) is 68.1 Å². The SMILES string of the molecule is Cc1cc(CCCN)c(C(=O)N2CCN(c3ccccc3C#N)C[C@@H]2C)cc1CN1CCN(c2ccccc2C#N)CC1. The summed E-state index contributed by atoms with van der Waals surface area (Å²) in [4.78, 5) is 23.1. The van der Waals surface area contributed by atoms with Crippen LogP contribution in [-0.4, -0.2) is 74.1 Å². The molecule has 1 amide bonds. The molecule has 0 spiro atoms. The molecule has 2 aliphatic heterocycles. The molecule has 3 aromatic carbocycles. The van der Waals surface area contributed by atoms with E-state index in [1.807, 2.05) is 53.4 Å². The Morgan fingerprint density at radius 3 is 2.07 bits per heavy atom. The Balaban J connectivity index is 1.31. The number of para-hydroxylation sites is 2. The molecule has 0 aromatic heterocycles. The zero-order chi connectivity index (χ0) is 30.3. The van der Waals surface area contributed by atoms with Crippen LogP contribution < -0.4 is 15.5 Å². The van der Waals surface area contributed by atoms with Crippen molar-refractivity contribution in [3.05, 3.63) is 94.0 Å². The standard InChI is InChI=1S/C35H41N7O/c1-26-20-28(10-7-13-36)32(35(43)42-19-18-41(24-27(42)2)34-12-6-4-9-30(34)23-38)21-31(26)25-39-14-16-40(17-15-39)33-11-5-3-8-29(33)22-37/h3-6,8-9,11-12,20-21,27H,7,10,13-19,24-25,36H2,1-2H3/t27-/m0/s1. The van der Waals surface area contributed by atoms with Crippen molar-refractivity contribution >= 4 is 17.3 Å². The number of carbonyl (C=O) groups is 1. The molecule has 2 N–H and O–H groups in total. The summed E-state index contributed by atoms with van der Waals surface area (Å²) in [5.74, 6) is 0.0759. The fourth-order valence-electron chi connectivity index (χ4n) is 6.39. The van der Waals surface area contributed by atoms with Crippen molar-refractivity contribution < 1.29 is 4.79 Å². The Morgan fingerprint density at radius 1 is 0.860 bits per heavy atom. The van der Waals surface area contributed by atoms with Gasteiger partial charge in [0.15, 0.2) is 0 Å². The number of anilines is 2. The molecule has 2 saturated heterocycles. The molecule has 5 rings (SSSR count). The molecular formula is C35H41N7O. The summed E-state index contributed by atoms with van der Waals surface area (Å²) in [7, 11) is 0. The fourth-order valence-corrected chi connectivity index (χ4v) is 6.39. The second-order valence-corrected chi connectivity index (χ2v) is 11.6. The molecule has 8 nitrogen and oxygen atoms in total. The van der Waals surface area contributed by atoms with Gasteiger partial charge in [0.05, 0.1) is 22.5 Å². The topological polar surface area (TPSA) is 104 Å². The van der Waals surface area contributed by atoms with E-state index in [-0.39, 0.29) is 11.9 Å². The first-order valence-corrected chi connectivity index (χ1v) is 15.3. The van der Waals surface area contributed by atoms with Crippen LogP contribution in [-0.2, 0) is 13.0 Å². The molecule has 43 heavy (non-hydrogen) atoms. The molecule has 0 bridgehead atoms. The van der Waals surface area contributed by atoms with Crippen LogP contribution >= 0.6 is 0 Å². The van der Waals surface area contributed by atoms with Crippen molar-refractivity contribution in [1.82, 2.24) is 9.80 Å². The van der Waals surface area contributed by atoms with E-state index in [0.29, 0.717) is 37.3 Å². The summed E-state index contributed by atoms with van der Waals surface area (Å²) < 4.78 is 0. The summed E-state index contributed by atoms with van der Waals surface area (Å²) in [6, 6.07) is 24.4. The van der Waals surface area contributed by atoms with Gasteiger partial charge in [-0.2, -0.15) is 10.5 Å². The van der Waals surface area contributed by atoms with E-state index in [2.05, 4.69) is 52.8 Å². The van der Waals surface area contributed by atoms with Gasteiger partial charge in [-0.25, -0.2) is 0 Å². The molecule has 0 saturated carbocycles. The van der Waals surface area contributed by atoms with Crippen molar-refractivity contribution in [2.24, 2.45) is 5.73 Å². The van der Waals surface area contributed by atoms with Crippen molar-refractivity contribution in [3.63, 3.8) is 0 Å². The van der Waals surface area contributed by atoms with Crippen LogP contribution in [0.4, 0.5) is 11.4 Å². The first-order chi connectivity index (χ1) is 20.9. The number of hydrogen-bond donors (Lipinski definition) is 1. The lowest BCUT2D eigenvalue weighted by Gasteiger charge is -2.41. The smallest absolute Gasteiger partial charge is 0.254 e. The molecule has 0 radical (unpaired) electrons. The van der Waals surface area contributed by atoms with E-state index in [9.17, 15) is 15.3 Å². The predicted molar refractivity (Wildman–Crippen MR) is 171 cm³/mol. The fraction of sp³-hybridized carbons (Fsp3) is 0.400. The van der Waals surface area contributed by atoms with Gasteiger partial charge >= 0.3 is 0 Å². The van der Waals surface area contributed by atoms with E-state index in [1.165, 1.54) is 11.1 Å². The first-order valence-electron chi connectivity index (χ1n) is 15.3. The maximum absolute atomic E-state index is 14.2. The number of nitriles is 2. The van der Waals surface area contributed by atoms with Crippen molar-refractivity contribution in [2.45, 2.75) is 39.3 Å². The zero-order valence-corrected chi connectivity index (χ0v) is 25.3. The summed E-state index contributed by atoms with van der Waals surface area (Å²) in [5.41, 5.74) is 13.4. The van der Waals surface area contributed by atoms with Crippen LogP contribution in [0.25, 0.3) is 0 Å². The van der Waals surface area contributed by atoms with Crippen LogP contribution in [0, 0.1) is 29.6 Å². The van der Waals surface area contributed by atoms with Gasteiger partial charge in [-0.3, -0.25) is 9.69 Å². The normalized spacial score (nSPS) is 17.4. The highest BCUT2D eigenvalue weighted by atomic mass is 16.2. The number of amides is 1. The van der Waals surface area contributed by atoms with E-state index < -0.39 is 0 Å². The Kier molecular flexibility index (Phi) is 9.61. The molecule has 0 unspecified atom stereocenters. The van der Waals surface area contributed by atoms with Crippen molar-refractivity contribution in [3.8, 4) is 12.1 Å². The minimum Gasteiger partial charge on any atom is -0.368 e. The lowest BCUT2D eigenvalue weighted by Crippen LogP contribution is -2.54. The summed E-state index contributed by atoms with van der Waals surface area (Å²) in [5, 5.41) is 19.1. The second kappa shape index (κ2) is 13.7.